The molecule has 0 saturated carbocycles. The number of para-hydroxylation sites is 1. The van der Waals surface area contributed by atoms with Crippen molar-refractivity contribution >= 4 is 35.6 Å². The van der Waals surface area contributed by atoms with Crippen molar-refractivity contribution in [3.05, 3.63) is 64.7 Å². The number of carbonyl (C=O) groups is 1. The summed E-state index contributed by atoms with van der Waals surface area (Å²) in [6, 6.07) is 15.6. The molecule has 1 aliphatic heterocycles. The summed E-state index contributed by atoms with van der Waals surface area (Å²) in [4.78, 5) is 14.6. The maximum absolute atomic E-state index is 12.7. The van der Waals surface area contributed by atoms with E-state index in [-0.39, 0.29) is 24.4 Å². The Morgan fingerprint density at radius 1 is 1.17 bits per heavy atom. The van der Waals surface area contributed by atoms with Crippen LogP contribution in [0.25, 0.3) is 0 Å². The van der Waals surface area contributed by atoms with Gasteiger partial charge in [-0.25, -0.2) is 0 Å². The van der Waals surface area contributed by atoms with Crippen LogP contribution in [0.2, 0.25) is 5.02 Å². The third-order valence-electron chi connectivity index (χ3n) is 4.50. The Bertz CT molecular complexity index is 705. The maximum Gasteiger partial charge on any atom is 0.223 e. The van der Waals surface area contributed by atoms with E-state index in [9.17, 15) is 4.79 Å². The van der Waals surface area contributed by atoms with E-state index in [4.69, 9.17) is 17.3 Å². The highest BCUT2D eigenvalue weighted by Crippen LogP contribution is 2.36. The second-order valence-electron chi connectivity index (χ2n) is 5.97. The Kier molecular flexibility index (Phi) is 6.52. The Hall–Kier alpha value is -1.71. The summed E-state index contributed by atoms with van der Waals surface area (Å²) in [6.45, 7) is 0.805. The second-order valence-corrected chi connectivity index (χ2v) is 6.37. The van der Waals surface area contributed by atoms with Crippen molar-refractivity contribution in [2.24, 2.45) is 0 Å². The van der Waals surface area contributed by atoms with Gasteiger partial charge in [-0.3, -0.25) is 4.79 Å². The number of carbonyl (C=O) groups excluding carboxylic acids is 1. The van der Waals surface area contributed by atoms with E-state index in [0.717, 1.165) is 41.2 Å². The summed E-state index contributed by atoms with van der Waals surface area (Å²) in [7, 11) is 0. The SMILES string of the molecule is Cl.Nc1ccccc1CCC(=O)N1CCCC1c1ccccc1Cl. The van der Waals surface area contributed by atoms with E-state index in [1.54, 1.807) is 0 Å². The smallest absolute Gasteiger partial charge is 0.223 e. The Morgan fingerprint density at radius 2 is 1.88 bits per heavy atom. The van der Waals surface area contributed by atoms with Crippen molar-refractivity contribution in [2.45, 2.75) is 31.7 Å². The summed E-state index contributed by atoms with van der Waals surface area (Å²) in [6.07, 6.45) is 3.16. The summed E-state index contributed by atoms with van der Waals surface area (Å²) < 4.78 is 0. The van der Waals surface area contributed by atoms with E-state index < -0.39 is 0 Å². The number of aryl methyl sites for hydroxylation is 1. The van der Waals surface area contributed by atoms with Crippen molar-refractivity contribution in [1.82, 2.24) is 4.90 Å². The van der Waals surface area contributed by atoms with Gasteiger partial charge in [0.15, 0.2) is 0 Å². The first-order chi connectivity index (χ1) is 11.2. The first-order valence-corrected chi connectivity index (χ1v) is 8.42. The van der Waals surface area contributed by atoms with Gasteiger partial charge >= 0.3 is 0 Å². The number of anilines is 1. The molecule has 3 nitrogen and oxygen atoms in total. The van der Waals surface area contributed by atoms with E-state index in [0.29, 0.717) is 12.8 Å². The van der Waals surface area contributed by atoms with Crippen LogP contribution in [0.3, 0.4) is 0 Å². The van der Waals surface area contributed by atoms with E-state index in [2.05, 4.69) is 0 Å². The van der Waals surface area contributed by atoms with Crippen LogP contribution in [0.5, 0.6) is 0 Å². The number of nitrogen functional groups attached to an aromatic ring is 1. The molecule has 2 aromatic rings. The van der Waals surface area contributed by atoms with Crippen molar-refractivity contribution in [2.75, 3.05) is 12.3 Å². The van der Waals surface area contributed by atoms with Gasteiger partial charge in [-0.1, -0.05) is 48.0 Å². The fourth-order valence-corrected chi connectivity index (χ4v) is 3.54. The lowest BCUT2D eigenvalue weighted by Gasteiger charge is -2.26. The molecule has 1 unspecified atom stereocenters. The zero-order valence-corrected chi connectivity index (χ0v) is 15.0. The number of amides is 1. The lowest BCUT2D eigenvalue weighted by molar-refractivity contribution is -0.132. The molecule has 0 radical (unpaired) electrons. The van der Waals surface area contributed by atoms with Gasteiger partial charge in [-0.05, 0) is 42.5 Å². The molecule has 24 heavy (non-hydrogen) atoms. The Labute approximate surface area is 154 Å². The molecule has 0 spiro atoms. The monoisotopic (exact) mass is 364 g/mol. The van der Waals surface area contributed by atoms with Crippen molar-refractivity contribution < 1.29 is 4.79 Å². The largest absolute Gasteiger partial charge is 0.399 e. The van der Waals surface area contributed by atoms with Gasteiger partial charge in [0.2, 0.25) is 5.91 Å². The molecule has 2 N–H and O–H groups in total. The number of likely N-dealkylation sites (tertiary alicyclic amines) is 1. The van der Waals surface area contributed by atoms with Crippen LogP contribution in [-0.4, -0.2) is 17.4 Å². The van der Waals surface area contributed by atoms with Crippen LogP contribution in [0.15, 0.2) is 48.5 Å². The number of hydrogen-bond donors (Lipinski definition) is 1. The molecule has 128 valence electrons. The van der Waals surface area contributed by atoms with Crippen LogP contribution in [-0.2, 0) is 11.2 Å². The highest BCUT2D eigenvalue weighted by molar-refractivity contribution is 6.31. The fraction of sp³-hybridized carbons (Fsp3) is 0.316. The van der Waals surface area contributed by atoms with Crippen molar-refractivity contribution in [1.29, 1.82) is 0 Å². The van der Waals surface area contributed by atoms with Gasteiger partial charge in [0.05, 0.1) is 6.04 Å². The third kappa shape index (κ3) is 4.03. The lowest BCUT2D eigenvalue weighted by Crippen LogP contribution is -2.30. The van der Waals surface area contributed by atoms with Crippen LogP contribution in [0.4, 0.5) is 5.69 Å². The minimum Gasteiger partial charge on any atom is -0.399 e. The minimum absolute atomic E-state index is 0. The minimum atomic E-state index is 0. The zero-order chi connectivity index (χ0) is 16.2. The summed E-state index contributed by atoms with van der Waals surface area (Å²) in [5.74, 6) is 0.177. The van der Waals surface area contributed by atoms with Crippen LogP contribution >= 0.6 is 24.0 Å². The van der Waals surface area contributed by atoms with Crippen LogP contribution in [0, 0.1) is 0 Å². The standard InChI is InChI=1S/C19H21ClN2O.ClH/c20-16-8-3-2-7-15(16)18-10-5-13-22(18)19(23)12-11-14-6-1-4-9-17(14)21;/h1-4,6-9,18H,5,10-13,21H2;1H. The number of rotatable bonds is 4. The Morgan fingerprint density at radius 3 is 2.62 bits per heavy atom. The normalized spacial score (nSPS) is 16.7. The molecule has 0 aliphatic carbocycles. The molecule has 1 atom stereocenters. The second kappa shape index (κ2) is 8.41. The quantitative estimate of drug-likeness (QED) is 0.803. The van der Waals surface area contributed by atoms with Crippen molar-refractivity contribution in [3.8, 4) is 0 Å². The molecule has 0 aromatic heterocycles. The summed E-state index contributed by atoms with van der Waals surface area (Å²) >= 11 is 6.31. The number of halogens is 2. The van der Waals surface area contributed by atoms with E-state index >= 15 is 0 Å². The lowest BCUT2D eigenvalue weighted by atomic mass is 10.0. The molecule has 1 amide bonds. The van der Waals surface area contributed by atoms with Crippen LogP contribution in [0.1, 0.15) is 36.4 Å². The van der Waals surface area contributed by atoms with E-state index in [1.807, 2.05) is 53.4 Å². The number of nitrogens with two attached hydrogens (primary N) is 1. The van der Waals surface area contributed by atoms with Gasteiger partial charge in [-0.15, -0.1) is 12.4 Å². The molecule has 3 rings (SSSR count). The first kappa shape index (κ1) is 18.6. The molecule has 0 bridgehead atoms. The average molecular weight is 365 g/mol. The van der Waals surface area contributed by atoms with Gasteiger partial charge in [0.1, 0.15) is 0 Å². The predicted octanol–water partition coefficient (Wildman–Crippen LogP) is 4.64. The first-order valence-electron chi connectivity index (χ1n) is 8.04. The number of benzene rings is 2. The number of hydrogen-bond acceptors (Lipinski definition) is 2. The number of nitrogens with zero attached hydrogens (tertiary/aromatic N) is 1. The van der Waals surface area contributed by atoms with Gasteiger partial charge in [0.25, 0.3) is 0 Å². The third-order valence-corrected chi connectivity index (χ3v) is 4.84. The molecular formula is C19H22Cl2N2O. The zero-order valence-electron chi connectivity index (χ0n) is 13.5. The molecule has 1 heterocycles. The Balaban J connectivity index is 0.00000208. The van der Waals surface area contributed by atoms with Gasteiger partial charge < -0.3 is 10.6 Å². The van der Waals surface area contributed by atoms with Crippen LogP contribution < -0.4 is 5.73 Å². The van der Waals surface area contributed by atoms with Gasteiger partial charge in [0, 0.05) is 23.7 Å². The molecule has 1 saturated heterocycles. The molecular weight excluding hydrogens is 343 g/mol. The maximum atomic E-state index is 12.7. The van der Waals surface area contributed by atoms with Crippen molar-refractivity contribution in [3.63, 3.8) is 0 Å². The van der Waals surface area contributed by atoms with Gasteiger partial charge in [-0.2, -0.15) is 0 Å². The highest BCUT2D eigenvalue weighted by atomic mass is 35.5. The molecule has 2 aromatic carbocycles. The highest BCUT2D eigenvalue weighted by Gasteiger charge is 2.30. The average Bonchev–Trinajstić information content (AvgIpc) is 3.04. The summed E-state index contributed by atoms with van der Waals surface area (Å²) in [5, 5.41) is 0.740. The molecule has 1 fully saturated rings. The fourth-order valence-electron chi connectivity index (χ4n) is 3.28. The predicted molar refractivity (Wildman–Crippen MR) is 102 cm³/mol. The summed E-state index contributed by atoms with van der Waals surface area (Å²) in [5.41, 5.74) is 8.80. The molecule has 5 heteroatoms. The topological polar surface area (TPSA) is 46.3 Å². The van der Waals surface area contributed by atoms with E-state index in [1.165, 1.54) is 0 Å². The molecule has 1 aliphatic rings.